The number of guanidine groups is 1. The summed E-state index contributed by atoms with van der Waals surface area (Å²) in [6, 6.07) is 5.25. The zero-order valence-electron chi connectivity index (χ0n) is 12.7. The molecule has 0 bridgehead atoms. The molecule has 23 heavy (non-hydrogen) atoms. The first-order valence-corrected chi connectivity index (χ1v) is 7.45. The predicted octanol–water partition coefficient (Wildman–Crippen LogP) is 4.83. The van der Waals surface area contributed by atoms with Gasteiger partial charge >= 0.3 is 6.18 Å². The Morgan fingerprint density at radius 2 is 1.78 bits per heavy atom. The first kappa shape index (κ1) is 22.6. The van der Waals surface area contributed by atoms with Gasteiger partial charge in [0.2, 0.25) is 0 Å². The van der Waals surface area contributed by atoms with E-state index in [1.54, 1.807) is 18.2 Å². The second-order valence-corrected chi connectivity index (χ2v) is 5.60. The molecule has 0 heterocycles. The average molecular weight is 484 g/mol. The van der Waals surface area contributed by atoms with Crippen LogP contribution in [0.3, 0.4) is 0 Å². The molecule has 1 rings (SSSR count). The summed E-state index contributed by atoms with van der Waals surface area (Å²) in [5.74, 6) is 0.279. The van der Waals surface area contributed by atoms with E-state index >= 15 is 0 Å². The highest BCUT2D eigenvalue weighted by Gasteiger charge is 2.26. The molecule has 0 aliphatic carbocycles. The van der Waals surface area contributed by atoms with E-state index in [0.717, 1.165) is 5.56 Å². The van der Waals surface area contributed by atoms with E-state index in [1.165, 1.54) is 7.05 Å². The van der Waals surface area contributed by atoms with Gasteiger partial charge in [0, 0.05) is 36.1 Å². The summed E-state index contributed by atoms with van der Waals surface area (Å²) in [5.41, 5.74) is 0.795. The van der Waals surface area contributed by atoms with E-state index in [0.29, 0.717) is 22.5 Å². The molecule has 1 atom stereocenters. The minimum absolute atomic E-state index is 0. The molecule has 1 unspecified atom stereocenters. The van der Waals surface area contributed by atoms with Crippen LogP contribution in [0.1, 0.15) is 24.8 Å². The number of nitrogens with one attached hydrogen (secondary N) is 2. The largest absolute Gasteiger partial charge is 0.390 e. The molecule has 0 aromatic heterocycles. The van der Waals surface area contributed by atoms with Gasteiger partial charge in [0.25, 0.3) is 0 Å². The van der Waals surface area contributed by atoms with Crippen LogP contribution in [0.5, 0.6) is 0 Å². The van der Waals surface area contributed by atoms with Gasteiger partial charge in [0.15, 0.2) is 5.96 Å². The zero-order valence-corrected chi connectivity index (χ0v) is 16.5. The van der Waals surface area contributed by atoms with Gasteiger partial charge in [-0.05, 0) is 17.7 Å². The maximum Gasteiger partial charge on any atom is 0.390 e. The number of nitrogens with zero attached hydrogens (tertiary/aromatic N) is 1. The maximum absolute atomic E-state index is 12.1. The van der Waals surface area contributed by atoms with E-state index in [-0.39, 0.29) is 36.4 Å². The lowest BCUT2D eigenvalue weighted by Gasteiger charge is -2.18. The molecule has 0 fully saturated rings. The van der Waals surface area contributed by atoms with Crippen molar-refractivity contribution in [2.45, 2.75) is 25.4 Å². The van der Waals surface area contributed by atoms with Crippen molar-refractivity contribution >= 4 is 53.1 Å². The number of hydrogen-bond donors (Lipinski definition) is 2. The van der Waals surface area contributed by atoms with Crippen LogP contribution >= 0.6 is 47.2 Å². The second kappa shape index (κ2) is 10.5. The third-order valence-corrected chi connectivity index (χ3v) is 3.65. The quantitative estimate of drug-likeness (QED) is 0.357. The van der Waals surface area contributed by atoms with Crippen LogP contribution in [0.2, 0.25) is 10.0 Å². The Morgan fingerprint density at radius 1 is 1.22 bits per heavy atom. The molecule has 2 N–H and O–H groups in total. The van der Waals surface area contributed by atoms with Crippen molar-refractivity contribution in [3.63, 3.8) is 0 Å². The molecule has 0 amide bonds. The van der Waals surface area contributed by atoms with Gasteiger partial charge in [-0.1, -0.05) is 36.2 Å². The van der Waals surface area contributed by atoms with Gasteiger partial charge < -0.3 is 10.6 Å². The Balaban J connectivity index is 0.00000484. The van der Waals surface area contributed by atoms with E-state index in [9.17, 15) is 13.2 Å². The van der Waals surface area contributed by atoms with Crippen LogP contribution in [0, 0.1) is 0 Å². The number of halogens is 6. The molecule has 3 nitrogen and oxygen atoms in total. The van der Waals surface area contributed by atoms with Crippen LogP contribution in [0.25, 0.3) is 0 Å². The smallest absolute Gasteiger partial charge is 0.356 e. The summed E-state index contributed by atoms with van der Waals surface area (Å²) in [4.78, 5) is 3.88. The van der Waals surface area contributed by atoms with Crippen molar-refractivity contribution in [1.29, 1.82) is 0 Å². The molecular weight excluding hydrogens is 465 g/mol. The summed E-state index contributed by atoms with van der Waals surface area (Å²) in [5, 5.41) is 6.69. The Kier molecular flexibility index (Phi) is 10.3. The van der Waals surface area contributed by atoms with Crippen LogP contribution in [0.4, 0.5) is 13.2 Å². The third kappa shape index (κ3) is 8.30. The van der Waals surface area contributed by atoms with Crippen LogP contribution in [-0.2, 0) is 0 Å². The lowest BCUT2D eigenvalue weighted by molar-refractivity contribution is -0.132. The van der Waals surface area contributed by atoms with Crippen LogP contribution < -0.4 is 10.6 Å². The number of aliphatic imine (C=N–C) groups is 1. The molecular formula is C14H19Cl2F3IN3. The molecule has 132 valence electrons. The van der Waals surface area contributed by atoms with Gasteiger partial charge in [-0.3, -0.25) is 4.99 Å². The highest BCUT2D eigenvalue weighted by Crippen LogP contribution is 2.30. The van der Waals surface area contributed by atoms with Gasteiger partial charge in [0.1, 0.15) is 0 Å². The van der Waals surface area contributed by atoms with Gasteiger partial charge in [-0.15, -0.1) is 24.0 Å². The van der Waals surface area contributed by atoms with Gasteiger partial charge in [-0.25, -0.2) is 0 Å². The maximum atomic E-state index is 12.1. The fourth-order valence-electron chi connectivity index (χ4n) is 1.88. The first-order chi connectivity index (χ1) is 10.2. The minimum Gasteiger partial charge on any atom is -0.356 e. The molecule has 1 aromatic carbocycles. The summed E-state index contributed by atoms with van der Waals surface area (Å²) in [7, 11) is 1.50. The Morgan fingerprint density at radius 3 is 2.26 bits per heavy atom. The van der Waals surface area contributed by atoms with Crippen LogP contribution in [-0.4, -0.2) is 32.3 Å². The summed E-state index contributed by atoms with van der Waals surface area (Å²) in [6.45, 7) is 2.13. The van der Waals surface area contributed by atoms with E-state index < -0.39 is 12.6 Å². The number of alkyl halides is 3. The van der Waals surface area contributed by atoms with Crippen molar-refractivity contribution < 1.29 is 13.2 Å². The lowest BCUT2D eigenvalue weighted by Crippen LogP contribution is -2.40. The molecule has 0 spiro atoms. The monoisotopic (exact) mass is 483 g/mol. The first-order valence-electron chi connectivity index (χ1n) is 6.69. The van der Waals surface area contributed by atoms with E-state index in [4.69, 9.17) is 23.2 Å². The fourth-order valence-corrected chi connectivity index (χ4v) is 2.65. The highest BCUT2D eigenvalue weighted by atomic mass is 127. The van der Waals surface area contributed by atoms with Crippen molar-refractivity contribution in [2.24, 2.45) is 4.99 Å². The highest BCUT2D eigenvalue weighted by molar-refractivity contribution is 14.0. The Bertz CT molecular complexity index is 504. The lowest BCUT2D eigenvalue weighted by atomic mass is 10.0. The molecule has 0 saturated carbocycles. The van der Waals surface area contributed by atoms with Gasteiger partial charge in [-0.2, -0.15) is 13.2 Å². The topological polar surface area (TPSA) is 36.4 Å². The second-order valence-electron chi connectivity index (χ2n) is 4.78. The minimum atomic E-state index is -4.19. The zero-order chi connectivity index (χ0) is 16.8. The number of rotatable bonds is 5. The summed E-state index contributed by atoms with van der Waals surface area (Å²) in [6.07, 6.45) is -5.11. The number of benzene rings is 1. The molecule has 0 radical (unpaired) electrons. The van der Waals surface area contributed by atoms with Crippen molar-refractivity contribution in [3.8, 4) is 0 Å². The normalized spacial score (nSPS) is 13.3. The number of hydrogen-bond acceptors (Lipinski definition) is 1. The van der Waals surface area contributed by atoms with Crippen molar-refractivity contribution in [2.75, 3.05) is 20.1 Å². The fraction of sp³-hybridized carbons (Fsp3) is 0.500. The van der Waals surface area contributed by atoms with Gasteiger partial charge in [0.05, 0.1) is 6.42 Å². The Labute approximate surface area is 161 Å². The van der Waals surface area contributed by atoms with Crippen molar-refractivity contribution in [1.82, 2.24) is 10.6 Å². The predicted molar refractivity (Wildman–Crippen MR) is 100 cm³/mol. The van der Waals surface area contributed by atoms with Crippen LogP contribution in [0.15, 0.2) is 23.2 Å². The standard InChI is InChI=1S/C14H18Cl2F3N3.HI/c1-9(12-10(15)4-3-5-11(12)16)8-22-13(20-2)21-7-6-14(17,18)19;/h3-5,9H,6-8H2,1-2H3,(H2,20,21,22);1H. The molecule has 0 saturated heterocycles. The van der Waals surface area contributed by atoms with E-state index in [2.05, 4.69) is 15.6 Å². The molecule has 9 heteroatoms. The van der Waals surface area contributed by atoms with E-state index in [1.807, 2.05) is 6.92 Å². The van der Waals surface area contributed by atoms with Crippen molar-refractivity contribution in [3.05, 3.63) is 33.8 Å². The average Bonchev–Trinajstić information content (AvgIpc) is 2.41. The third-order valence-electron chi connectivity index (χ3n) is 2.99. The Hall–Kier alpha value is -0.410. The summed E-state index contributed by atoms with van der Waals surface area (Å²) >= 11 is 12.2. The molecule has 1 aromatic rings. The molecule has 0 aliphatic rings. The molecule has 0 aliphatic heterocycles. The SMILES string of the molecule is CN=C(NCCC(F)(F)F)NCC(C)c1c(Cl)cccc1Cl.I. The summed E-state index contributed by atoms with van der Waals surface area (Å²) < 4.78 is 36.3.